The maximum Gasteiger partial charge on any atom is 0.240 e. The Morgan fingerprint density at radius 2 is 2.00 bits per heavy atom. The Kier molecular flexibility index (Phi) is 6.10. The van der Waals surface area contributed by atoms with Gasteiger partial charge in [-0.15, -0.1) is 0 Å². The van der Waals surface area contributed by atoms with E-state index in [1.165, 1.54) is 0 Å². The van der Waals surface area contributed by atoms with Crippen molar-refractivity contribution >= 4 is 11.8 Å². The van der Waals surface area contributed by atoms with Crippen molar-refractivity contribution in [1.29, 1.82) is 5.26 Å². The fourth-order valence-corrected chi connectivity index (χ4v) is 2.78. The molecule has 0 bridgehead atoms. The lowest BCUT2D eigenvalue weighted by molar-refractivity contribution is -0.129. The third-order valence-electron chi connectivity index (χ3n) is 4.19. The van der Waals surface area contributed by atoms with Crippen molar-refractivity contribution < 1.29 is 9.59 Å². The quantitative estimate of drug-likeness (QED) is 0.835. The van der Waals surface area contributed by atoms with Gasteiger partial charge >= 0.3 is 0 Å². The highest BCUT2D eigenvalue weighted by molar-refractivity contribution is 5.86. The van der Waals surface area contributed by atoms with Crippen molar-refractivity contribution in [2.45, 2.75) is 45.1 Å². The second kappa shape index (κ2) is 8.28. The average Bonchev–Trinajstić information content (AvgIpc) is 2.61. The van der Waals surface area contributed by atoms with E-state index in [4.69, 9.17) is 0 Å². The number of nitriles is 1. The zero-order chi connectivity index (χ0) is 16.5. The molecule has 0 radical (unpaired) electrons. The van der Waals surface area contributed by atoms with Crippen molar-refractivity contribution in [1.82, 2.24) is 15.6 Å². The van der Waals surface area contributed by atoms with Crippen molar-refractivity contribution in [2.24, 2.45) is 5.41 Å². The molecule has 1 heterocycles. The van der Waals surface area contributed by atoms with Crippen LogP contribution in [0.2, 0.25) is 0 Å². The van der Waals surface area contributed by atoms with E-state index in [2.05, 4.69) is 21.7 Å². The summed E-state index contributed by atoms with van der Waals surface area (Å²) in [7, 11) is 0. The van der Waals surface area contributed by atoms with Gasteiger partial charge in [-0.1, -0.05) is 25.3 Å². The summed E-state index contributed by atoms with van der Waals surface area (Å²) in [6.45, 7) is 0.617. The van der Waals surface area contributed by atoms with Gasteiger partial charge in [0.05, 0.1) is 18.3 Å². The number of nitrogens with one attached hydrogen (secondary N) is 2. The molecule has 1 aromatic rings. The first kappa shape index (κ1) is 16.9. The lowest BCUT2D eigenvalue weighted by Crippen LogP contribution is -2.42. The van der Waals surface area contributed by atoms with Gasteiger partial charge < -0.3 is 10.6 Å². The van der Waals surface area contributed by atoms with E-state index >= 15 is 0 Å². The van der Waals surface area contributed by atoms with Crippen molar-refractivity contribution in [3.8, 4) is 6.07 Å². The Labute approximate surface area is 136 Å². The van der Waals surface area contributed by atoms with Gasteiger partial charge in [0.25, 0.3) is 0 Å². The van der Waals surface area contributed by atoms with Crippen LogP contribution in [0.1, 0.15) is 44.2 Å². The number of amides is 2. The van der Waals surface area contributed by atoms with Crippen LogP contribution in [-0.2, 0) is 16.1 Å². The second-order valence-corrected chi connectivity index (χ2v) is 5.86. The fraction of sp³-hybridized carbons (Fsp3) is 0.529. The van der Waals surface area contributed by atoms with Gasteiger partial charge in [-0.25, -0.2) is 0 Å². The van der Waals surface area contributed by atoms with Gasteiger partial charge in [0.1, 0.15) is 5.41 Å². The topological polar surface area (TPSA) is 94.9 Å². The van der Waals surface area contributed by atoms with E-state index in [0.717, 1.165) is 25.0 Å². The van der Waals surface area contributed by atoms with Crippen LogP contribution in [0.15, 0.2) is 24.4 Å². The minimum atomic E-state index is -0.900. The van der Waals surface area contributed by atoms with E-state index in [1.807, 2.05) is 18.2 Å². The van der Waals surface area contributed by atoms with Gasteiger partial charge in [-0.3, -0.25) is 14.6 Å². The number of carbonyl (C=O) groups excluding carboxylic acids is 2. The molecule has 1 aliphatic carbocycles. The molecule has 2 rings (SSSR count). The van der Waals surface area contributed by atoms with E-state index in [9.17, 15) is 14.9 Å². The highest BCUT2D eigenvalue weighted by atomic mass is 16.2. The first-order valence-corrected chi connectivity index (χ1v) is 8.02. The summed E-state index contributed by atoms with van der Waals surface area (Å²) in [6.07, 6.45) is 5.99. The number of nitrogens with zero attached hydrogens (tertiary/aromatic N) is 2. The van der Waals surface area contributed by atoms with Crippen molar-refractivity contribution in [2.75, 3.05) is 6.54 Å². The molecule has 23 heavy (non-hydrogen) atoms. The molecule has 1 fully saturated rings. The van der Waals surface area contributed by atoms with Crippen LogP contribution < -0.4 is 10.6 Å². The van der Waals surface area contributed by atoms with Crippen LogP contribution in [0, 0.1) is 16.7 Å². The van der Waals surface area contributed by atoms with Crippen LogP contribution in [0.4, 0.5) is 0 Å². The molecule has 122 valence electrons. The molecule has 6 heteroatoms. The summed E-state index contributed by atoms with van der Waals surface area (Å²) in [4.78, 5) is 28.1. The Morgan fingerprint density at radius 1 is 1.22 bits per heavy atom. The maximum atomic E-state index is 12.2. The van der Waals surface area contributed by atoms with Crippen LogP contribution >= 0.6 is 0 Å². The minimum Gasteiger partial charge on any atom is -0.354 e. The number of pyridine rings is 1. The molecule has 2 N–H and O–H groups in total. The summed E-state index contributed by atoms with van der Waals surface area (Å²) in [5, 5.41) is 14.8. The van der Waals surface area contributed by atoms with Crippen molar-refractivity contribution in [3.63, 3.8) is 0 Å². The van der Waals surface area contributed by atoms with Gasteiger partial charge in [-0.2, -0.15) is 5.26 Å². The summed E-state index contributed by atoms with van der Waals surface area (Å²) in [5.41, 5.74) is -0.113. The smallest absolute Gasteiger partial charge is 0.240 e. The van der Waals surface area contributed by atoms with Gasteiger partial charge in [-0.05, 0) is 25.0 Å². The van der Waals surface area contributed by atoms with E-state index in [-0.39, 0.29) is 24.8 Å². The first-order chi connectivity index (χ1) is 11.2. The molecular weight excluding hydrogens is 292 g/mol. The summed E-state index contributed by atoms with van der Waals surface area (Å²) in [5.74, 6) is -0.386. The molecule has 0 atom stereocenters. The molecule has 0 unspecified atom stereocenters. The van der Waals surface area contributed by atoms with E-state index in [1.54, 1.807) is 6.20 Å². The fourth-order valence-electron chi connectivity index (χ4n) is 2.78. The van der Waals surface area contributed by atoms with Gasteiger partial charge in [0.15, 0.2) is 0 Å². The molecule has 6 nitrogen and oxygen atoms in total. The Balaban J connectivity index is 1.70. The van der Waals surface area contributed by atoms with E-state index < -0.39 is 5.41 Å². The average molecular weight is 314 g/mol. The number of aromatic nitrogens is 1. The Bertz CT molecular complexity index is 574. The lowest BCUT2D eigenvalue weighted by Gasteiger charge is -2.29. The van der Waals surface area contributed by atoms with Gasteiger partial charge in [0.2, 0.25) is 11.8 Å². The predicted molar refractivity (Wildman–Crippen MR) is 84.8 cm³/mol. The second-order valence-electron chi connectivity index (χ2n) is 5.86. The lowest BCUT2D eigenvalue weighted by atomic mass is 9.74. The van der Waals surface area contributed by atoms with Crippen LogP contribution in [0.3, 0.4) is 0 Å². The molecule has 0 aromatic carbocycles. The molecule has 0 spiro atoms. The largest absolute Gasteiger partial charge is 0.354 e. The molecule has 1 aromatic heterocycles. The summed E-state index contributed by atoms with van der Waals surface area (Å²) < 4.78 is 0. The zero-order valence-electron chi connectivity index (χ0n) is 13.2. The molecular formula is C17H22N4O2. The normalized spacial score (nSPS) is 16.1. The SMILES string of the molecule is N#CC1(C(=O)NCCC(=O)NCc2ccccn2)CCCCC1. The van der Waals surface area contributed by atoms with Crippen molar-refractivity contribution in [3.05, 3.63) is 30.1 Å². The minimum absolute atomic E-state index is 0.148. The van der Waals surface area contributed by atoms with Crippen LogP contribution in [0.25, 0.3) is 0 Å². The first-order valence-electron chi connectivity index (χ1n) is 8.02. The van der Waals surface area contributed by atoms with Gasteiger partial charge in [0, 0.05) is 19.2 Å². The number of hydrogen-bond acceptors (Lipinski definition) is 4. The molecule has 2 amide bonds. The van der Waals surface area contributed by atoms with E-state index in [0.29, 0.717) is 19.4 Å². The Hall–Kier alpha value is -2.42. The molecule has 0 saturated heterocycles. The standard InChI is InChI=1S/C17H22N4O2/c18-13-17(8-3-1-4-9-17)16(23)20-11-7-15(22)21-12-14-6-2-5-10-19-14/h2,5-6,10H,1,3-4,7-9,11-12H2,(H,20,23)(H,21,22). The summed E-state index contributed by atoms with van der Waals surface area (Å²) >= 11 is 0. The maximum absolute atomic E-state index is 12.2. The van der Waals surface area contributed by atoms with Crippen LogP contribution in [-0.4, -0.2) is 23.3 Å². The highest BCUT2D eigenvalue weighted by Gasteiger charge is 2.39. The predicted octanol–water partition coefficient (Wildman–Crippen LogP) is 1.68. The number of rotatable bonds is 6. The van der Waals surface area contributed by atoms with Crippen LogP contribution in [0.5, 0.6) is 0 Å². The monoisotopic (exact) mass is 314 g/mol. The summed E-state index contributed by atoms with van der Waals surface area (Å²) in [6, 6.07) is 7.69. The third kappa shape index (κ3) is 4.78. The molecule has 1 saturated carbocycles. The number of carbonyl (C=O) groups is 2. The Morgan fingerprint density at radius 3 is 2.65 bits per heavy atom. The molecule has 1 aliphatic rings. The highest BCUT2D eigenvalue weighted by Crippen LogP contribution is 2.35. The third-order valence-corrected chi connectivity index (χ3v) is 4.19. The molecule has 0 aliphatic heterocycles. The number of hydrogen-bond donors (Lipinski definition) is 2. The zero-order valence-corrected chi connectivity index (χ0v) is 13.2.